The van der Waals surface area contributed by atoms with E-state index in [1.165, 1.54) is 11.3 Å². The van der Waals surface area contributed by atoms with Crippen LogP contribution in [0.3, 0.4) is 0 Å². The van der Waals surface area contributed by atoms with Crippen LogP contribution in [0.1, 0.15) is 27.2 Å². The molecule has 24 heavy (non-hydrogen) atoms. The zero-order chi connectivity index (χ0) is 17.3. The number of amides is 1. The molecule has 0 aliphatic rings. The normalized spacial score (nSPS) is 11.7. The summed E-state index contributed by atoms with van der Waals surface area (Å²) in [4.78, 5) is 21.2. The smallest absolute Gasteiger partial charge is 0.231 e. The fraction of sp³-hybridized carbons (Fsp3) is 0.375. The summed E-state index contributed by atoms with van der Waals surface area (Å²) in [5, 5.41) is 9.90. The first-order valence-electron chi connectivity index (χ1n) is 7.51. The SMILES string of the molecule is COc1ccc2nc(NC(=O)CC(C)(C)C)c(-c3nccs3)n2n1. The molecule has 0 saturated heterocycles. The molecule has 0 fully saturated rings. The Bertz CT molecular complexity index is 865. The van der Waals surface area contributed by atoms with Crippen LogP contribution in [0.5, 0.6) is 5.88 Å². The Hall–Kier alpha value is -2.48. The van der Waals surface area contributed by atoms with Crippen molar-refractivity contribution in [2.24, 2.45) is 5.41 Å². The highest BCUT2D eigenvalue weighted by Crippen LogP contribution is 2.31. The van der Waals surface area contributed by atoms with Gasteiger partial charge in [-0.25, -0.2) is 14.5 Å². The molecule has 0 spiro atoms. The summed E-state index contributed by atoms with van der Waals surface area (Å²) in [5.74, 6) is 0.834. The molecule has 126 valence electrons. The van der Waals surface area contributed by atoms with Crippen LogP contribution >= 0.6 is 11.3 Å². The van der Waals surface area contributed by atoms with E-state index < -0.39 is 0 Å². The van der Waals surface area contributed by atoms with E-state index >= 15 is 0 Å². The molecular weight excluding hydrogens is 326 g/mol. The van der Waals surface area contributed by atoms with Crippen LogP contribution in [-0.2, 0) is 4.79 Å². The minimum Gasteiger partial charge on any atom is -0.480 e. The average Bonchev–Trinajstić information content (AvgIpc) is 3.10. The van der Waals surface area contributed by atoms with Gasteiger partial charge in [-0.15, -0.1) is 16.4 Å². The van der Waals surface area contributed by atoms with Crippen LogP contribution < -0.4 is 10.1 Å². The third-order valence-corrected chi connectivity index (χ3v) is 4.03. The van der Waals surface area contributed by atoms with Gasteiger partial charge in [0.05, 0.1) is 7.11 Å². The first-order chi connectivity index (χ1) is 11.4. The van der Waals surface area contributed by atoms with Crippen LogP contribution in [-0.4, -0.2) is 32.6 Å². The number of carbonyl (C=O) groups excluding carboxylic acids is 1. The van der Waals surface area contributed by atoms with Crippen molar-refractivity contribution in [3.63, 3.8) is 0 Å². The lowest BCUT2D eigenvalue weighted by Gasteiger charge is -2.16. The fourth-order valence-corrected chi connectivity index (χ4v) is 2.97. The standard InChI is InChI=1S/C16H19N5O2S/c1-16(2,3)9-11(22)19-14-13(15-17-7-8-24-15)21-10(18-14)5-6-12(20-21)23-4/h5-8H,9H2,1-4H3,(H,19,22). The number of aromatic nitrogens is 4. The predicted molar refractivity (Wildman–Crippen MR) is 93.3 cm³/mol. The first-order valence-corrected chi connectivity index (χ1v) is 8.39. The number of hydrogen-bond donors (Lipinski definition) is 1. The molecule has 1 amide bonds. The van der Waals surface area contributed by atoms with Crippen molar-refractivity contribution in [3.05, 3.63) is 23.7 Å². The van der Waals surface area contributed by atoms with E-state index in [4.69, 9.17) is 4.74 Å². The number of ether oxygens (including phenoxy) is 1. The van der Waals surface area contributed by atoms with E-state index in [2.05, 4.69) is 20.4 Å². The number of hydrogen-bond acceptors (Lipinski definition) is 6. The number of imidazole rings is 1. The Morgan fingerprint density at radius 1 is 1.38 bits per heavy atom. The summed E-state index contributed by atoms with van der Waals surface area (Å²) < 4.78 is 6.83. The maximum atomic E-state index is 12.3. The molecule has 0 atom stereocenters. The van der Waals surface area contributed by atoms with Crippen molar-refractivity contribution < 1.29 is 9.53 Å². The Morgan fingerprint density at radius 2 is 2.17 bits per heavy atom. The van der Waals surface area contributed by atoms with Crippen LogP contribution in [0.15, 0.2) is 23.7 Å². The van der Waals surface area contributed by atoms with Crippen LogP contribution in [0, 0.1) is 5.41 Å². The number of carbonyl (C=O) groups is 1. The zero-order valence-electron chi connectivity index (χ0n) is 14.0. The second-order valence-corrected chi connectivity index (χ2v) is 7.47. The van der Waals surface area contributed by atoms with Gasteiger partial charge in [-0.3, -0.25) is 4.79 Å². The van der Waals surface area contributed by atoms with Crippen molar-refractivity contribution in [2.45, 2.75) is 27.2 Å². The van der Waals surface area contributed by atoms with Crippen molar-refractivity contribution in [1.29, 1.82) is 0 Å². The fourth-order valence-electron chi connectivity index (χ4n) is 2.30. The van der Waals surface area contributed by atoms with Gasteiger partial charge < -0.3 is 10.1 Å². The van der Waals surface area contributed by atoms with Gasteiger partial charge in [-0.1, -0.05) is 20.8 Å². The van der Waals surface area contributed by atoms with Gasteiger partial charge in [0.1, 0.15) is 10.7 Å². The van der Waals surface area contributed by atoms with E-state index in [1.807, 2.05) is 26.2 Å². The number of methoxy groups -OCH3 is 1. The molecule has 7 nitrogen and oxygen atoms in total. The average molecular weight is 345 g/mol. The van der Waals surface area contributed by atoms with E-state index in [0.29, 0.717) is 29.5 Å². The highest BCUT2D eigenvalue weighted by Gasteiger charge is 2.22. The largest absolute Gasteiger partial charge is 0.480 e. The molecule has 1 N–H and O–H groups in total. The molecule has 0 unspecified atom stereocenters. The molecule has 0 aliphatic heterocycles. The number of nitrogens with one attached hydrogen (secondary N) is 1. The Labute approximate surface area is 143 Å². The summed E-state index contributed by atoms with van der Waals surface area (Å²) in [6.45, 7) is 6.05. The Morgan fingerprint density at radius 3 is 2.79 bits per heavy atom. The second-order valence-electron chi connectivity index (χ2n) is 6.58. The Kier molecular flexibility index (Phi) is 4.23. The second kappa shape index (κ2) is 6.20. The molecule has 8 heteroatoms. The number of thiazole rings is 1. The van der Waals surface area contributed by atoms with Crippen LogP contribution in [0.4, 0.5) is 5.82 Å². The quantitative estimate of drug-likeness (QED) is 0.785. The van der Waals surface area contributed by atoms with Gasteiger partial charge in [0.15, 0.2) is 11.5 Å². The van der Waals surface area contributed by atoms with Gasteiger partial charge >= 0.3 is 0 Å². The molecule has 0 radical (unpaired) electrons. The predicted octanol–water partition coefficient (Wildman–Crippen LogP) is 3.24. The van der Waals surface area contributed by atoms with E-state index in [1.54, 1.807) is 30.0 Å². The van der Waals surface area contributed by atoms with Crippen LogP contribution in [0.2, 0.25) is 0 Å². The minimum atomic E-state index is -0.105. The molecule has 3 heterocycles. The molecule has 3 rings (SSSR count). The highest BCUT2D eigenvalue weighted by molar-refractivity contribution is 7.13. The van der Waals surface area contributed by atoms with Crippen LogP contribution in [0.25, 0.3) is 16.3 Å². The zero-order valence-corrected chi connectivity index (χ0v) is 14.8. The van der Waals surface area contributed by atoms with Crippen molar-refractivity contribution in [3.8, 4) is 16.6 Å². The molecule has 0 aromatic carbocycles. The molecule has 3 aromatic heterocycles. The lowest BCUT2D eigenvalue weighted by molar-refractivity contribution is -0.117. The Balaban J connectivity index is 2.07. The van der Waals surface area contributed by atoms with Crippen molar-refractivity contribution in [2.75, 3.05) is 12.4 Å². The summed E-state index contributed by atoms with van der Waals surface area (Å²) in [7, 11) is 1.56. The number of nitrogens with zero attached hydrogens (tertiary/aromatic N) is 4. The van der Waals surface area contributed by atoms with E-state index in [-0.39, 0.29) is 11.3 Å². The summed E-state index contributed by atoms with van der Waals surface area (Å²) in [6, 6.07) is 3.52. The number of rotatable bonds is 4. The maximum Gasteiger partial charge on any atom is 0.231 e. The van der Waals surface area contributed by atoms with Gasteiger partial charge in [-0.05, 0) is 11.5 Å². The van der Waals surface area contributed by atoms with Crippen molar-refractivity contribution >= 4 is 28.7 Å². The topological polar surface area (TPSA) is 81.4 Å². The van der Waals surface area contributed by atoms with Gasteiger partial charge in [0, 0.05) is 24.1 Å². The maximum absolute atomic E-state index is 12.3. The summed E-state index contributed by atoms with van der Waals surface area (Å²) in [6.07, 6.45) is 2.11. The monoisotopic (exact) mass is 345 g/mol. The molecule has 0 aliphatic carbocycles. The van der Waals surface area contributed by atoms with Gasteiger partial charge in [-0.2, -0.15) is 0 Å². The first kappa shape index (κ1) is 16.4. The van der Waals surface area contributed by atoms with Gasteiger partial charge in [0.2, 0.25) is 11.8 Å². The third-order valence-electron chi connectivity index (χ3n) is 3.25. The molecule has 3 aromatic rings. The lowest BCUT2D eigenvalue weighted by atomic mass is 9.92. The van der Waals surface area contributed by atoms with Crippen molar-refractivity contribution in [1.82, 2.24) is 19.6 Å². The third kappa shape index (κ3) is 3.38. The molecule has 0 bridgehead atoms. The summed E-state index contributed by atoms with van der Waals surface area (Å²) in [5.41, 5.74) is 1.17. The molecular formula is C16H19N5O2S. The number of fused-ring (bicyclic) bond motifs is 1. The highest BCUT2D eigenvalue weighted by atomic mass is 32.1. The van der Waals surface area contributed by atoms with E-state index in [9.17, 15) is 4.79 Å². The molecule has 0 saturated carbocycles. The van der Waals surface area contributed by atoms with E-state index in [0.717, 1.165) is 5.01 Å². The van der Waals surface area contributed by atoms with Gasteiger partial charge in [0.25, 0.3) is 0 Å². The number of anilines is 1. The lowest BCUT2D eigenvalue weighted by Crippen LogP contribution is -2.20. The summed E-state index contributed by atoms with van der Waals surface area (Å²) >= 11 is 1.46. The minimum absolute atomic E-state index is 0.0873.